The Morgan fingerprint density at radius 1 is 1.27 bits per heavy atom. The van der Waals surface area contributed by atoms with Crippen LogP contribution < -0.4 is 5.32 Å². The zero-order chi connectivity index (χ0) is 15.8. The molecule has 0 aromatic heterocycles. The molecule has 0 amide bonds. The molecule has 1 atom stereocenters. The van der Waals surface area contributed by atoms with Crippen LogP contribution in [0.2, 0.25) is 0 Å². The van der Waals surface area contributed by atoms with Crippen LogP contribution in [-0.4, -0.2) is 29.5 Å². The molecule has 5 heteroatoms. The molecule has 1 aliphatic rings. The number of methoxy groups -OCH3 is 1. The van der Waals surface area contributed by atoms with Gasteiger partial charge in [0.15, 0.2) is 0 Å². The average molecular weight is 388 g/mol. The molecule has 3 nitrogen and oxygen atoms in total. The van der Waals surface area contributed by atoms with Gasteiger partial charge in [0.2, 0.25) is 0 Å². The predicted octanol–water partition coefficient (Wildman–Crippen LogP) is 5.03. The zero-order valence-corrected chi connectivity index (χ0v) is 15.6. The van der Waals surface area contributed by atoms with Crippen LogP contribution in [0.3, 0.4) is 0 Å². The Hall–Kier alpha value is -0.0700. The molecule has 1 fully saturated rings. The summed E-state index contributed by atoms with van der Waals surface area (Å²) < 4.78 is 15.9. The standard InChI is InChI=1S/C17H26BrNO2S/c1-21-16(14-6-8-15(18)9-7-14)17(10-3-2-4-11-17)19-12-5-13-22-20/h6-9,16,19-20H,2-5,10-13H2,1H3. The Kier molecular flexibility index (Phi) is 7.71. The highest BCUT2D eigenvalue weighted by molar-refractivity contribution is 9.10. The maximum absolute atomic E-state index is 8.89. The van der Waals surface area contributed by atoms with Crippen LogP contribution in [0.25, 0.3) is 0 Å². The van der Waals surface area contributed by atoms with E-state index in [0.717, 1.165) is 48.1 Å². The van der Waals surface area contributed by atoms with Gasteiger partial charge in [-0.25, -0.2) is 0 Å². The van der Waals surface area contributed by atoms with Crippen LogP contribution in [0.15, 0.2) is 28.7 Å². The largest absolute Gasteiger partial charge is 0.375 e. The lowest BCUT2D eigenvalue weighted by Crippen LogP contribution is -2.52. The maximum atomic E-state index is 8.89. The summed E-state index contributed by atoms with van der Waals surface area (Å²) in [7, 11) is 1.81. The van der Waals surface area contributed by atoms with E-state index in [2.05, 4.69) is 45.5 Å². The molecule has 0 spiro atoms. The van der Waals surface area contributed by atoms with Gasteiger partial charge >= 0.3 is 0 Å². The van der Waals surface area contributed by atoms with Gasteiger partial charge in [-0.05, 0) is 55.5 Å². The molecule has 1 aromatic rings. The molecule has 0 bridgehead atoms. The van der Waals surface area contributed by atoms with Crippen LogP contribution in [0.4, 0.5) is 0 Å². The lowest BCUT2D eigenvalue weighted by molar-refractivity contribution is -0.00457. The Morgan fingerprint density at radius 3 is 2.55 bits per heavy atom. The van der Waals surface area contributed by atoms with Crippen molar-refractivity contribution in [2.45, 2.75) is 50.2 Å². The molecule has 0 radical (unpaired) electrons. The van der Waals surface area contributed by atoms with E-state index in [1.807, 2.05) is 7.11 Å². The summed E-state index contributed by atoms with van der Waals surface area (Å²) in [5.74, 6) is 0.777. The fraction of sp³-hybridized carbons (Fsp3) is 0.647. The fourth-order valence-corrected chi connectivity index (χ4v) is 4.04. The summed E-state index contributed by atoms with van der Waals surface area (Å²) in [5.41, 5.74) is 1.25. The lowest BCUT2D eigenvalue weighted by Gasteiger charge is -2.44. The first-order chi connectivity index (χ1) is 10.7. The Balaban J connectivity index is 2.15. The second-order valence-electron chi connectivity index (χ2n) is 6.00. The first kappa shape index (κ1) is 18.3. The van der Waals surface area contributed by atoms with Crippen molar-refractivity contribution in [2.75, 3.05) is 19.4 Å². The van der Waals surface area contributed by atoms with Gasteiger partial charge in [-0.3, -0.25) is 0 Å². The highest BCUT2D eigenvalue weighted by Crippen LogP contribution is 2.40. The van der Waals surface area contributed by atoms with Crippen molar-refractivity contribution in [3.63, 3.8) is 0 Å². The molecular weight excluding hydrogens is 362 g/mol. The van der Waals surface area contributed by atoms with E-state index in [9.17, 15) is 0 Å². The minimum absolute atomic E-state index is 0.0148. The number of halogens is 1. The summed E-state index contributed by atoms with van der Waals surface area (Å²) in [6.45, 7) is 0.921. The first-order valence-electron chi connectivity index (χ1n) is 8.01. The van der Waals surface area contributed by atoms with Gasteiger partial charge in [0.05, 0.1) is 0 Å². The van der Waals surface area contributed by atoms with Crippen LogP contribution in [0.1, 0.15) is 50.2 Å². The molecule has 0 aliphatic heterocycles. The van der Waals surface area contributed by atoms with Crippen LogP contribution in [0.5, 0.6) is 0 Å². The van der Waals surface area contributed by atoms with Crippen molar-refractivity contribution in [1.29, 1.82) is 0 Å². The lowest BCUT2D eigenvalue weighted by atomic mass is 9.75. The molecule has 0 heterocycles. The Labute approximate surface area is 146 Å². The Morgan fingerprint density at radius 2 is 1.95 bits per heavy atom. The van der Waals surface area contributed by atoms with Gasteiger partial charge in [0, 0.05) is 22.9 Å². The highest BCUT2D eigenvalue weighted by Gasteiger charge is 2.40. The highest BCUT2D eigenvalue weighted by atomic mass is 79.9. The van der Waals surface area contributed by atoms with Crippen molar-refractivity contribution in [3.05, 3.63) is 34.3 Å². The van der Waals surface area contributed by atoms with E-state index in [1.165, 1.54) is 24.8 Å². The normalized spacial score (nSPS) is 19.0. The number of rotatable bonds is 8. The number of ether oxygens (including phenoxy) is 1. The molecule has 1 unspecified atom stereocenters. The van der Waals surface area contributed by atoms with Gasteiger partial charge in [-0.1, -0.05) is 47.3 Å². The van der Waals surface area contributed by atoms with Crippen LogP contribution in [-0.2, 0) is 4.74 Å². The van der Waals surface area contributed by atoms with Gasteiger partial charge in [-0.15, -0.1) is 0 Å². The molecule has 0 saturated heterocycles. The van der Waals surface area contributed by atoms with E-state index in [0.29, 0.717) is 0 Å². The number of hydrogen-bond donors (Lipinski definition) is 2. The van der Waals surface area contributed by atoms with Crippen molar-refractivity contribution in [1.82, 2.24) is 5.32 Å². The van der Waals surface area contributed by atoms with E-state index < -0.39 is 0 Å². The molecule has 1 saturated carbocycles. The molecule has 22 heavy (non-hydrogen) atoms. The van der Waals surface area contributed by atoms with Gasteiger partial charge in [0.1, 0.15) is 6.10 Å². The zero-order valence-electron chi connectivity index (χ0n) is 13.2. The summed E-state index contributed by atoms with van der Waals surface area (Å²) >= 11 is 4.43. The average Bonchev–Trinajstić information content (AvgIpc) is 2.55. The molecule has 1 aliphatic carbocycles. The number of hydrogen-bond acceptors (Lipinski definition) is 4. The maximum Gasteiger partial charge on any atom is 0.100 e. The minimum Gasteiger partial charge on any atom is -0.375 e. The third-order valence-corrected chi connectivity index (χ3v) is 5.55. The third-order valence-electron chi connectivity index (χ3n) is 4.55. The van der Waals surface area contributed by atoms with E-state index in [1.54, 1.807) is 0 Å². The SMILES string of the molecule is COC(c1ccc(Br)cc1)C1(NCCCSO)CCCCC1. The van der Waals surface area contributed by atoms with Gasteiger partial charge in [0.25, 0.3) is 0 Å². The van der Waals surface area contributed by atoms with Crippen LogP contribution >= 0.6 is 28.0 Å². The first-order valence-corrected chi connectivity index (χ1v) is 9.75. The quantitative estimate of drug-likeness (QED) is 0.484. The van der Waals surface area contributed by atoms with Crippen molar-refractivity contribution in [3.8, 4) is 0 Å². The van der Waals surface area contributed by atoms with Crippen LogP contribution in [0, 0.1) is 0 Å². The van der Waals surface area contributed by atoms with E-state index in [-0.39, 0.29) is 11.6 Å². The molecule has 1 aromatic carbocycles. The molecule has 2 rings (SSSR count). The third kappa shape index (κ3) is 4.71. The van der Waals surface area contributed by atoms with Crippen molar-refractivity contribution < 1.29 is 9.29 Å². The molecule has 2 N–H and O–H groups in total. The topological polar surface area (TPSA) is 41.5 Å². The molecule has 124 valence electrons. The number of benzene rings is 1. The monoisotopic (exact) mass is 387 g/mol. The Bertz CT molecular complexity index is 435. The molecular formula is C17H26BrNO2S. The van der Waals surface area contributed by atoms with Crippen molar-refractivity contribution >= 4 is 28.0 Å². The summed E-state index contributed by atoms with van der Waals surface area (Å²) in [6, 6.07) is 8.47. The minimum atomic E-state index is 0.0148. The predicted molar refractivity (Wildman–Crippen MR) is 97.4 cm³/mol. The van der Waals surface area contributed by atoms with Gasteiger partial charge in [-0.2, -0.15) is 0 Å². The van der Waals surface area contributed by atoms with E-state index >= 15 is 0 Å². The van der Waals surface area contributed by atoms with Crippen molar-refractivity contribution in [2.24, 2.45) is 0 Å². The second kappa shape index (κ2) is 9.28. The fourth-order valence-electron chi connectivity index (χ4n) is 3.51. The summed E-state index contributed by atoms with van der Waals surface area (Å²) in [4.78, 5) is 0. The second-order valence-corrected chi connectivity index (χ2v) is 7.58. The summed E-state index contributed by atoms with van der Waals surface area (Å²) in [5, 5.41) is 3.77. The number of nitrogens with one attached hydrogen (secondary N) is 1. The smallest absolute Gasteiger partial charge is 0.100 e. The van der Waals surface area contributed by atoms with E-state index in [4.69, 9.17) is 9.29 Å². The van der Waals surface area contributed by atoms with Gasteiger partial charge < -0.3 is 14.6 Å². The summed E-state index contributed by atoms with van der Waals surface area (Å²) in [6.07, 6.45) is 7.15.